The van der Waals surface area contributed by atoms with Crippen LogP contribution in [0.2, 0.25) is 0 Å². The van der Waals surface area contributed by atoms with Gasteiger partial charge in [-0.25, -0.2) is 13.1 Å². The van der Waals surface area contributed by atoms with Crippen LogP contribution in [0.5, 0.6) is 0 Å². The molecule has 1 amide bonds. The largest absolute Gasteiger partial charge is 0.350 e. The summed E-state index contributed by atoms with van der Waals surface area (Å²) in [6.45, 7) is 1.95. The van der Waals surface area contributed by atoms with Gasteiger partial charge in [-0.05, 0) is 52.2 Å². The maximum Gasteiger partial charge on any atom is 0.240 e. The Morgan fingerprint density at radius 2 is 1.39 bits per heavy atom. The number of rotatable bonds is 7. The summed E-state index contributed by atoms with van der Waals surface area (Å²) in [6.07, 6.45) is 0.0603. The molecule has 4 aromatic rings. The van der Waals surface area contributed by atoms with Crippen molar-refractivity contribution < 1.29 is 13.2 Å². The Morgan fingerprint density at radius 1 is 0.806 bits per heavy atom. The Bertz CT molecular complexity index is 1350. The molecule has 158 valence electrons. The van der Waals surface area contributed by atoms with E-state index < -0.39 is 10.0 Å². The fraction of sp³-hybridized carbons (Fsp3) is 0.160. The molecule has 0 bridgehead atoms. The summed E-state index contributed by atoms with van der Waals surface area (Å²) in [6, 6.07) is 26.5. The molecule has 6 heteroatoms. The fourth-order valence-corrected chi connectivity index (χ4v) is 4.66. The van der Waals surface area contributed by atoms with Crippen molar-refractivity contribution in [1.29, 1.82) is 0 Å². The molecule has 0 saturated heterocycles. The smallest absolute Gasteiger partial charge is 0.240 e. The summed E-state index contributed by atoms with van der Waals surface area (Å²) >= 11 is 0. The van der Waals surface area contributed by atoms with Crippen LogP contribution >= 0.6 is 0 Å². The highest BCUT2D eigenvalue weighted by atomic mass is 32.2. The first-order valence-corrected chi connectivity index (χ1v) is 11.7. The lowest BCUT2D eigenvalue weighted by molar-refractivity contribution is -0.121. The molecule has 0 fully saturated rings. The topological polar surface area (TPSA) is 75.3 Å². The summed E-state index contributed by atoms with van der Waals surface area (Å²) in [5.74, 6) is -0.207. The van der Waals surface area contributed by atoms with Gasteiger partial charge in [0.25, 0.3) is 0 Å². The van der Waals surface area contributed by atoms with Crippen molar-refractivity contribution in [2.75, 3.05) is 6.54 Å². The second-order valence-corrected chi connectivity index (χ2v) is 9.32. The number of fused-ring (bicyclic) bond motifs is 2. The fourth-order valence-electron chi connectivity index (χ4n) is 3.59. The van der Waals surface area contributed by atoms with Gasteiger partial charge in [-0.2, -0.15) is 0 Å². The van der Waals surface area contributed by atoms with Gasteiger partial charge in [-0.1, -0.05) is 66.7 Å². The Kier molecular flexibility index (Phi) is 6.02. The molecule has 4 aromatic carbocycles. The molecule has 0 aliphatic carbocycles. The van der Waals surface area contributed by atoms with E-state index in [4.69, 9.17) is 0 Å². The summed E-state index contributed by atoms with van der Waals surface area (Å²) < 4.78 is 27.7. The maximum absolute atomic E-state index is 12.6. The molecule has 0 heterocycles. The zero-order valence-corrected chi connectivity index (χ0v) is 18.0. The molecule has 0 aliphatic heterocycles. The highest BCUT2D eigenvalue weighted by Gasteiger charge is 2.16. The van der Waals surface area contributed by atoms with E-state index in [0.29, 0.717) is 0 Å². The number of amides is 1. The summed E-state index contributed by atoms with van der Waals surface area (Å²) in [4.78, 5) is 12.5. The highest BCUT2D eigenvalue weighted by molar-refractivity contribution is 7.89. The molecule has 4 rings (SSSR count). The minimum absolute atomic E-state index is 0.0332. The molecular weight excluding hydrogens is 408 g/mol. The molecule has 0 aliphatic rings. The Labute approximate surface area is 182 Å². The van der Waals surface area contributed by atoms with Crippen LogP contribution in [0, 0.1) is 0 Å². The third-order valence-electron chi connectivity index (χ3n) is 5.33. The van der Waals surface area contributed by atoms with Gasteiger partial charge in [0.15, 0.2) is 0 Å². The lowest BCUT2D eigenvalue weighted by Crippen LogP contribution is -2.32. The van der Waals surface area contributed by atoms with Crippen molar-refractivity contribution >= 4 is 37.5 Å². The van der Waals surface area contributed by atoms with Crippen LogP contribution in [0.1, 0.15) is 24.9 Å². The highest BCUT2D eigenvalue weighted by Crippen LogP contribution is 2.21. The van der Waals surface area contributed by atoms with Gasteiger partial charge in [0, 0.05) is 13.0 Å². The first-order valence-electron chi connectivity index (χ1n) is 10.2. The predicted octanol–water partition coefficient (Wildman–Crippen LogP) is 4.54. The molecular formula is C25H24N2O3S. The van der Waals surface area contributed by atoms with E-state index in [1.54, 1.807) is 18.2 Å². The van der Waals surface area contributed by atoms with Gasteiger partial charge in [-0.15, -0.1) is 0 Å². The number of carbonyl (C=O) groups excluding carboxylic acids is 1. The molecule has 0 spiro atoms. The second-order valence-electron chi connectivity index (χ2n) is 7.55. The van der Waals surface area contributed by atoms with Crippen molar-refractivity contribution in [3.63, 3.8) is 0 Å². The first-order chi connectivity index (χ1) is 14.9. The van der Waals surface area contributed by atoms with Gasteiger partial charge in [0.1, 0.15) is 0 Å². The van der Waals surface area contributed by atoms with Gasteiger partial charge in [0.2, 0.25) is 15.9 Å². The van der Waals surface area contributed by atoms with Crippen LogP contribution in [0.3, 0.4) is 0 Å². The second kappa shape index (κ2) is 8.88. The van der Waals surface area contributed by atoms with Crippen LogP contribution in [0.15, 0.2) is 89.8 Å². The summed E-state index contributed by atoms with van der Waals surface area (Å²) in [7, 11) is -3.68. The Balaban J connectivity index is 1.34. The van der Waals surface area contributed by atoms with Crippen molar-refractivity contribution in [2.45, 2.75) is 24.3 Å². The molecule has 5 nitrogen and oxygen atoms in total. The molecule has 31 heavy (non-hydrogen) atoms. The normalized spacial score (nSPS) is 12.7. The number of benzene rings is 4. The zero-order chi connectivity index (χ0) is 21.8. The minimum atomic E-state index is -3.68. The van der Waals surface area contributed by atoms with Crippen LogP contribution in [0.25, 0.3) is 21.5 Å². The number of nitrogens with one attached hydrogen (secondary N) is 2. The summed E-state index contributed by atoms with van der Waals surface area (Å²) in [5.41, 5.74) is 1.00. The van der Waals surface area contributed by atoms with Crippen LogP contribution in [0.4, 0.5) is 0 Å². The van der Waals surface area contributed by atoms with Crippen molar-refractivity contribution in [3.8, 4) is 0 Å². The molecule has 0 saturated carbocycles. The van der Waals surface area contributed by atoms with E-state index in [-0.39, 0.29) is 29.8 Å². The molecule has 1 atom stereocenters. The molecule has 1 unspecified atom stereocenters. The zero-order valence-electron chi connectivity index (χ0n) is 17.2. The third-order valence-corrected chi connectivity index (χ3v) is 6.79. The monoisotopic (exact) mass is 432 g/mol. The molecule has 0 aromatic heterocycles. The van der Waals surface area contributed by atoms with Crippen LogP contribution in [-0.4, -0.2) is 20.9 Å². The van der Waals surface area contributed by atoms with Gasteiger partial charge < -0.3 is 5.32 Å². The van der Waals surface area contributed by atoms with Crippen LogP contribution < -0.4 is 10.0 Å². The number of hydrogen-bond donors (Lipinski definition) is 2. The van der Waals surface area contributed by atoms with Crippen molar-refractivity contribution in [3.05, 3.63) is 90.5 Å². The van der Waals surface area contributed by atoms with Crippen molar-refractivity contribution in [1.82, 2.24) is 10.0 Å². The van der Waals surface area contributed by atoms with E-state index in [2.05, 4.69) is 16.1 Å². The van der Waals surface area contributed by atoms with Gasteiger partial charge in [-0.3, -0.25) is 4.79 Å². The molecule has 0 radical (unpaired) electrons. The quantitative estimate of drug-likeness (QED) is 0.450. The SMILES string of the molecule is CC(NC(=O)CCNS(=O)(=O)c1ccc2ccccc2c1)c1ccc2ccccc2c1. The van der Waals surface area contributed by atoms with Gasteiger partial charge >= 0.3 is 0 Å². The summed E-state index contributed by atoms with van der Waals surface area (Å²) in [5, 5.41) is 7.03. The minimum Gasteiger partial charge on any atom is -0.350 e. The average molecular weight is 433 g/mol. The van der Waals surface area contributed by atoms with Crippen LogP contribution in [-0.2, 0) is 14.8 Å². The average Bonchev–Trinajstić information content (AvgIpc) is 2.78. The number of hydrogen-bond acceptors (Lipinski definition) is 3. The third kappa shape index (κ3) is 4.93. The van der Waals surface area contributed by atoms with E-state index >= 15 is 0 Å². The predicted molar refractivity (Wildman–Crippen MR) is 124 cm³/mol. The van der Waals surface area contributed by atoms with Crippen molar-refractivity contribution in [2.24, 2.45) is 0 Å². The first kappa shape index (κ1) is 21.0. The Morgan fingerprint density at radius 3 is 2.06 bits per heavy atom. The lowest BCUT2D eigenvalue weighted by Gasteiger charge is -2.15. The van der Waals surface area contributed by atoms with E-state index in [0.717, 1.165) is 27.1 Å². The number of sulfonamides is 1. The van der Waals surface area contributed by atoms with E-state index in [1.807, 2.05) is 67.6 Å². The Hall–Kier alpha value is -3.22. The number of carbonyl (C=O) groups is 1. The lowest BCUT2D eigenvalue weighted by atomic mass is 10.0. The van der Waals surface area contributed by atoms with E-state index in [1.165, 1.54) is 0 Å². The molecule has 2 N–H and O–H groups in total. The van der Waals surface area contributed by atoms with E-state index in [9.17, 15) is 13.2 Å². The maximum atomic E-state index is 12.6. The van der Waals surface area contributed by atoms with Gasteiger partial charge in [0.05, 0.1) is 10.9 Å². The standard InChI is InChI=1S/C25H24N2O3S/c1-18(21-11-10-19-6-2-4-8-22(19)16-21)27-25(28)14-15-26-31(29,30)24-13-12-20-7-3-5-9-23(20)17-24/h2-13,16-18,26H,14-15H2,1H3,(H,27,28).